The number of benzene rings is 2. The van der Waals surface area contributed by atoms with Gasteiger partial charge in [-0.3, -0.25) is 15.6 Å². The molecule has 3 aliphatic heterocycles. The molecule has 4 N–H and O–H groups in total. The third kappa shape index (κ3) is 3.45. The first-order valence-corrected chi connectivity index (χ1v) is 13.2. The normalized spacial score (nSPS) is 35.0. The second kappa shape index (κ2) is 8.19. The van der Waals surface area contributed by atoms with E-state index in [0.29, 0.717) is 29.8 Å². The average Bonchev–Trinajstić information content (AvgIpc) is 3.44. The maximum Gasteiger partial charge on any atom is 0.235 e. The van der Waals surface area contributed by atoms with Gasteiger partial charge in [-0.05, 0) is 96.9 Å². The highest BCUT2D eigenvalue weighted by Crippen LogP contribution is 2.65. The topological polar surface area (TPSA) is 74.4 Å². The SMILES string of the molecule is COc1ccc2c(c1)[C@]1(C[C@H]1C1CCC3C(/C=C/c4ccc5c(c4)CNCC5)NNC3C1)C(=O)N2. The monoisotopic (exact) mass is 470 g/mol. The summed E-state index contributed by atoms with van der Waals surface area (Å²) in [6.07, 6.45) is 10.2. The molecule has 182 valence electrons. The number of ether oxygens (including phenoxy) is 1. The third-order valence-corrected chi connectivity index (χ3v) is 9.40. The van der Waals surface area contributed by atoms with Crippen molar-refractivity contribution < 1.29 is 9.53 Å². The van der Waals surface area contributed by atoms with Crippen LogP contribution in [0.1, 0.15) is 47.9 Å². The number of hydrazine groups is 1. The Hall–Kier alpha value is -2.67. The maximum absolute atomic E-state index is 13.1. The Kier molecular flexibility index (Phi) is 5.05. The molecule has 3 fully saturated rings. The molecule has 0 bridgehead atoms. The number of methoxy groups -OCH3 is 1. The van der Waals surface area contributed by atoms with Crippen molar-refractivity contribution >= 4 is 17.7 Å². The number of hydrogen-bond donors (Lipinski definition) is 4. The van der Waals surface area contributed by atoms with E-state index >= 15 is 0 Å². The molecule has 6 heteroatoms. The van der Waals surface area contributed by atoms with Crippen LogP contribution < -0.4 is 26.2 Å². The van der Waals surface area contributed by atoms with Crippen LogP contribution in [0.4, 0.5) is 5.69 Å². The van der Waals surface area contributed by atoms with Crippen molar-refractivity contribution in [3.05, 3.63) is 64.7 Å². The second-order valence-corrected chi connectivity index (χ2v) is 11.1. The van der Waals surface area contributed by atoms with Crippen molar-refractivity contribution in [1.29, 1.82) is 0 Å². The molecule has 35 heavy (non-hydrogen) atoms. The zero-order valence-electron chi connectivity index (χ0n) is 20.3. The maximum atomic E-state index is 13.1. The Morgan fingerprint density at radius 1 is 1.09 bits per heavy atom. The van der Waals surface area contributed by atoms with E-state index in [9.17, 15) is 4.79 Å². The number of amides is 1. The molecule has 2 aromatic carbocycles. The minimum absolute atomic E-state index is 0.187. The van der Waals surface area contributed by atoms with E-state index < -0.39 is 0 Å². The molecule has 1 spiro atoms. The zero-order valence-corrected chi connectivity index (χ0v) is 20.3. The van der Waals surface area contributed by atoms with Gasteiger partial charge >= 0.3 is 0 Å². The Morgan fingerprint density at radius 2 is 2.03 bits per heavy atom. The van der Waals surface area contributed by atoms with Gasteiger partial charge in [-0.15, -0.1) is 0 Å². The first-order valence-electron chi connectivity index (χ1n) is 13.2. The summed E-state index contributed by atoms with van der Waals surface area (Å²) < 4.78 is 5.46. The summed E-state index contributed by atoms with van der Waals surface area (Å²) in [6.45, 7) is 2.06. The second-order valence-electron chi connectivity index (χ2n) is 11.1. The van der Waals surface area contributed by atoms with Gasteiger partial charge in [-0.1, -0.05) is 30.4 Å². The number of carbonyl (C=O) groups excluding carboxylic acids is 1. The summed E-state index contributed by atoms with van der Waals surface area (Å²) in [6, 6.07) is 13.7. The molecule has 6 atom stereocenters. The quantitative estimate of drug-likeness (QED) is 0.550. The van der Waals surface area contributed by atoms with Crippen LogP contribution in [0.25, 0.3) is 6.08 Å². The van der Waals surface area contributed by atoms with Crippen molar-refractivity contribution in [2.45, 2.75) is 56.1 Å². The van der Waals surface area contributed by atoms with Crippen LogP contribution in [-0.2, 0) is 23.2 Å². The molecule has 1 amide bonds. The molecule has 5 aliphatic rings. The Balaban J connectivity index is 1.03. The number of hydrogen-bond acceptors (Lipinski definition) is 5. The lowest BCUT2D eigenvalue weighted by atomic mass is 9.73. The van der Waals surface area contributed by atoms with Gasteiger partial charge < -0.3 is 15.4 Å². The predicted molar refractivity (Wildman–Crippen MR) is 137 cm³/mol. The first kappa shape index (κ1) is 21.6. The van der Waals surface area contributed by atoms with Gasteiger partial charge in [0, 0.05) is 24.3 Å². The Bertz CT molecular complexity index is 1210. The highest BCUT2D eigenvalue weighted by molar-refractivity contribution is 6.09. The van der Waals surface area contributed by atoms with E-state index in [1.807, 2.05) is 12.1 Å². The summed E-state index contributed by atoms with van der Waals surface area (Å²) in [5, 5.41) is 6.61. The fourth-order valence-corrected chi connectivity index (χ4v) is 7.42. The number of carbonyl (C=O) groups is 1. The molecule has 3 heterocycles. The lowest BCUT2D eigenvalue weighted by Crippen LogP contribution is -2.37. The molecule has 1 saturated heterocycles. The van der Waals surface area contributed by atoms with E-state index in [4.69, 9.17) is 4.74 Å². The van der Waals surface area contributed by atoms with E-state index in [1.54, 1.807) is 7.11 Å². The van der Waals surface area contributed by atoms with E-state index in [0.717, 1.165) is 49.4 Å². The van der Waals surface area contributed by atoms with Crippen LogP contribution in [0.2, 0.25) is 0 Å². The molecule has 2 saturated carbocycles. The summed E-state index contributed by atoms with van der Waals surface area (Å²) >= 11 is 0. The fraction of sp³-hybridized carbons (Fsp3) is 0.483. The highest BCUT2D eigenvalue weighted by Gasteiger charge is 2.67. The van der Waals surface area contributed by atoms with Crippen molar-refractivity contribution in [3.8, 4) is 5.75 Å². The van der Waals surface area contributed by atoms with Crippen LogP contribution in [0, 0.1) is 17.8 Å². The summed E-state index contributed by atoms with van der Waals surface area (Å²) in [7, 11) is 1.69. The Labute approximate surface area is 206 Å². The molecule has 4 unspecified atom stereocenters. The molecule has 0 radical (unpaired) electrons. The van der Waals surface area contributed by atoms with Crippen LogP contribution in [0.3, 0.4) is 0 Å². The Morgan fingerprint density at radius 3 is 2.94 bits per heavy atom. The average molecular weight is 471 g/mol. The van der Waals surface area contributed by atoms with E-state index in [2.05, 4.69) is 57.9 Å². The van der Waals surface area contributed by atoms with Gasteiger partial charge in [0.1, 0.15) is 5.75 Å². The number of nitrogens with one attached hydrogen (secondary N) is 4. The van der Waals surface area contributed by atoms with E-state index in [1.165, 1.54) is 29.5 Å². The predicted octanol–water partition coefficient (Wildman–Crippen LogP) is 3.53. The van der Waals surface area contributed by atoms with Gasteiger partial charge in [-0.25, -0.2) is 0 Å². The largest absolute Gasteiger partial charge is 0.497 e. The first-order chi connectivity index (χ1) is 17.2. The van der Waals surface area contributed by atoms with Crippen LogP contribution in [0.5, 0.6) is 5.75 Å². The lowest BCUT2D eigenvalue weighted by molar-refractivity contribution is -0.118. The molecular formula is C29H34N4O2. The van der Waals surface area contributed by atoms with Crippen molar-refractivity contribution in [3.63, 3.8) is 0 Å². The third-order valence-electron chi connectivity index (χ3n) is 9.40. The van der Waals surface area contributed by atoms with Gasteiger partial charge in [-0.2, -0.15) is 0 Å². The molecule has 2 aliphatic carbocycles. The fourth-order valence-electron chi connectivity index (χ4n) is 7.42. The number of anilines is 1. The standard InChI is InChI=1S/C29H34N4O2/c1-35-21-6-9-26-23(14-21)29(28(34)31-26)15-24(29)19-5-7-22-25(32-33-27(22)13-19)8-3-17-2-4-18-10-11-30-16-20(18)12-17/h2-4,6,8-9,12,14,19,22,24-25,27,30,32-33H,5,7,10-11,13,15-16H2,1H3,(H,31,34)/b8-3+/t19?,22?,24-,25?,27?,29-/m0/s1. The zero-order chi connectivity index (χ0) is 23.6. The lowest BCUT2D eigenvalue weighted by Gasteiger charge is -2.33. The van der Waals surface area contributed by atoms with Crippen LogP contribution in [-0.4, -0.2) is 31.6 Å². The molecular weight excluding hydrogens is 436 g/mol. The number of rotatable bonds is 4. The van der Waals surface area contributed by atoms with Crippen molar-refractivity contribution in [1.82, 2.24) is 16.2 Å². The van der Waals surface area contributed by atoms with Gasteiger partial charge in [0.2, 0.25) is 5.91 Å². The molecule has 0 aromatic heterocycles. The summed E-state index contributed by atoms with van der Waals surface area (Å²) in [4.78, 5) is 13.1. The van der Waals surface area contributed by atoms with Crippen molar-refractivity contribution in [2.75, 3.05) is 19.0 Å². The van der Waals surface area contributed by atoms with Crippen LogP contribution in [0.15, 0.2) is 42.5 Å². The molecule has 6 nitrogen and oxygen atoms in total. The molecule has 2 aromatic rings. The van der Waals surface area contributed by atoms with Crippen molar-refractivity contribution in [2.24, 2.45) is 17.8 Å². The van der Waals surface area contributed by atoms with Gasteiger partial charge in [0.15, 0.2) is 0 Å². The smallest absolute Gasteiger partial charge is 0.235 e. The van der Waals surface area contributed by atoms with Gasteiger partial charge in [0.05, 0.1) is 12.5 Å². The van der Waals surface area contributed by atoms with Gasteiger partial charge in [0.25, 0.3) is 0 Å². The minimum Gasteiger partial charge on any atom is -0.497 e. The number of fused-ring (bicyclic) bond motifs is 4. The summed E-state index contributed by atoms with van der Waals surface area (Å²) in [5.74, 6) is 2.62. The summed E-state index contributed by atoms with van der Waals surface area (Å²) in [5.41, 5.74) is 13.1. The highest BCUT2D eigenvalue weighted by atomic mass is 16.5. The van der Waals surface area contributed by atoms with E-state index in [-0.39, 0.29) is 11.3 Å². The molecule has 7 rings (SSSR count). The van der Waals surface area contributed by atoms with Crippen LogP contribution >= 0.6 is 0 Å². The minimum atomic E-state index is -0.339.